The molecule has 0 bridgehead atoms. The first-order valence-corrected chi connectivity index (χ1v) is 17.9. The van der Waals surface area contributed by atoms with Crippen LogP contribution >= 0.6 is 0 Å². The molecule has 0 saturated carbocycles. The Bertz CT molecular complexity index is 2560. The maximum Gasteiger partial charge on any atom is 0.0546 e. The van der Waals surface area contributed by atoms with Crippen LogP contribution in [0.3, 0.4) is 0 Å². The second-order valence-corrected chi connectivity index (χ2v) is 14.2. The van der Waals surface area contributed by atoms with Crippen LogP contribution in [0.15, 0.2) is 182 Å². The molecule has 8 aromatic rings. The number of anilines is 3. The van der Waals surface area contributed by atoms with Crippen LogP contribution in [0.5, 0.6) is 0 Å². The molecule has 0 amide bonds. The Labute approximate surface area is 301 Å². The molecule has 0 saturated heterocycles. The molecule has 0 spiro atoms. The highest BCUT2D eigenvalue weighted by molar-refractivity contribution is 6.00. The summed E-state index contributed by atoms with van der Waals surface area (Å²) in [7, 11) is 0. The van der Waals surface area contributed by atoms with Crippen molar-refractivity contribution < 1.29 is 0 Å². The highest BCUT2D eigenvalue weighted by Gasteiger charge is 2.37. The van der Waals surface area contributed by atoms with Crippen molar-refractivity contribution in [3.63, 3.8) is 0 Å². The van der Waals surface area contributed by atoms with E-state index in [1.807, 2.05) is 0 Å². The van der Waals surface area contributed by atoms with Gasteiger partial charge in [-0.25, -0.2) is 0 Å². The van der Waals surface area contributed by atoms with Crippen molar-refractivity contribution >= 4 is 27.8 Å². The number of hydrogen-bond donors (Lipinski definition) is 0. The maximum atomic E-state index is 2.48. The third-order valence-corrected chi connectivity index (χ3v) is 10.8. The fourth-order valence-electron chi connectivity index (χ4n) is 8.16. The van der Waals surface area contributed by atoms with Gasteiger partial charge < -0.3 is 4.90 Å². The third kappa shape index (κ3) is 5.25. The first-order valence-electron chi connectivity index (χ1n) is 17.9. The van der Waals surface area contributed by atoms with Crippen molar-refractivity contribution in [1.29, 1.82) is 0 Å². The molecule has 8 aromatic carbocycles. The molecular weight excluding hydrogens is 615 g/mol. The largest absolute Gasteiger partial charge is 0.310 e. The normalized spacial score (nSPS) is 12.8. The minimum atomic E-state index is -0.175. The molecule has 0 N–H and O–H groups in total. The van der Waals surface area contributed by atoms with Crippen LogP contribution in [-0.4, -0.2) is 0 Å². The van der Waals surface area contributed by atoms with E-state index in [2.05, 4.69) is 208 Å². The Morgan fingerprint density at radius 3 is 1.76 bits per heavy atom. The monoisotopic (exact) mass is 653 g/mol. The van der Waals surface area contributed by atoms with Crippen LogP contribution < -0.4 is 4.90 Å². The SMILES string of the molecule is Cc1ccccc1-c1cc2ccccc2cc1N(c1cccc(-c2ccccc2)c1)c1ccc2c(c1)C(C)(C)c1cccc(-c3ccccc3)c1-2. The molecule has 1 heteroatoms. The summed E-state index contributed by atoms with van der Waals surface area (Å²) < 4.78 is 0. The van der Waals surface area contributed by atoms with E-state index in [0.717, 1.165) is 17.1 Å². The number of aryl methyl sites for hydroxylation is 1. The van der Waals surface area contributed by atoms with Gasteiger partial charge in [-0.1, -0.05) is 159 Å². The van der Waals surface area contributed by atoms with Crippen molar-refractivity contribution in [2.24, 2.45) is 0 Å². The summed E-state index contributed by atoms with van der Waals surface area (Å²) in [6, 6.07) is 66.7. The van der Waals surface area contributed by atoms with Gasteiger partial charge >= 0.3 is 0 Å². The Hall–Kier alpha value is -6.18. The molecule has 0 aliphatic heterocycles. The van der Waals surface area contributed by atoms with E-state index < -0.39 is 0 Å². The molecule has 1 nitrogen and oxygen atoms in total. The average molecular weight is 654 g/mol. The molecule has 51 heavy (non-hydrogen) atoms. The topological polar surface area (TPSA) is 3.24 Å². The van der Waals surface area contributed by atoms with Gasteiger partial charge in [-0.05, 0) is 110 Å². The summed E-state index contributed by atoms with van der Waals surface area (Å²) in [5.41, 5.74) is 17.3. The standard InChI is InChI=1S/C50H39N/c1-34-16-10-13-25-42(34)45-31-38-21-11-12-22-39(38)32-48(45)51(40-24-14-23-37(30-40)35-17-6-4-7-18-35)41-28-29-44-47(33-41)50(2,3)46-27-15-26-43(49(44)46)36-19-8-5-9-20-36/h4-33H,1-3H3. The minimum Gasteiger partial charge on any atom is -0.310 e. The lowest BCUT2D eigenvalue weighted by Crippen LogP contribution is -2.17. The quantitative estimate of drug-likeness (QED) is 0.173. The van der Waals surface area contributed by atoms with E-state index in [9.17, 15) is 0 Å². The fraction of sp³-hybridized carbons (Fsp3) is 0.0800. The van der Waals surface area contributed by atoms with Gasteiger partial charge in [-0.2, -0.15) is 0 Å². The van der Waals surface area contributed by atoms with Gasteiger partial charge in [-0.3, -0.25) is 0 Å². The summed E-state index contributed by atoms with van der Waals surface area (Å²) in [5, 5.41) is 2.45. The Kier molecular flexibility index (Phi) is 7.44. The second-order valence-electron chi connectivity index (χ2n) is 14.2. The van der Waals surface area contributed by atoms with Gasteiger partial charge in [0.15, 0.2) is 0 Å². The summed E-state index contributed by atoms with van der Waals surface area (Å²) in [6.45, 7) is 6.98. The first-order chi connectivity index (χ1) is 25.0. The third-order valence-electron chi connectivity index (χ3n) is 10.8. The van der Waals surface area contributed by atoms with E-state index in [4.69, 9.17) is 0 Å². The average Bonchev–Trinajstić information content (AvgIpc) is 3.41. The maximum absolute atomic E-state index is 2.48. The molecule has 0 atom stereocenters. The van der Waals surface area contributed by atoms with Crippen LogP contribution in [0.25, 0.3) is 55.3 Å². The van der Waals surface area contributed by atoms with Crippen molar-refractivity contribution in [2.45, 2.75) is 26.2 Å². The molecule has 0 fully saturated rings. The van der Waals surface area contributed by atoms with E-state index in [-0.39, 0.29) is 5.41 Å². The van der Waals surface area contributed by atoms with Crippen molar-refractivity contribution in [2.75, 3.05) is 4.90 Å². The smallest absolute Gasteiger partial charge is 0.0546 e. The van der Waals surface area contributed by atoms with Gasteiger partial charge in [0.2, 0.25) is 0 Å². The van der Waals surface area contributed by atoms with Crippen molar-refractivity contribution in [1.82, 2.24) is 0 Å². The lowest BCUT2D eigenvalue weighted by molar-refractivity contribution is 0.660. The van der Waals surface area contributed by atoms with Crippen LogP contribution in [0.1, 0.15) is 30.5 Å². The highest BCUT2D eigenvalue weighted by Crippen LogP contribution is 2.54. The lowest BCUT2D eigenvalue weighted by atomic mass is 9.81. The lowest BCUT2D eigenvalue weighted by Gasteiger charge is -2.31. The van der Waals surface area contributed by atoms with Crippen LogP contribution in [0, 0.1) is 6.92 Å². The van der Waals surface area contributed by atoms with Gasteiger partial charge in [-0.15, -0.1) is 0 Å². The Morgan fingerprint density at radius 1 is 0.392 bits per heavy atom. The van der Waals surface area contributed by atoms with E-state index in [1.165, 1.54) is 72.0 Å². The number of benzene rings is 8. The molecule has 9 rings (SSSR count). The van der Waals surface area contributed by atoms with Gasteiger partial charge in [0.25, 0.3) is 0 Å². The summed E-state index contributed by atoms with van der Waals surface area (Å²) >= 11 is 0. The molecular formula is C50H39N. The summed E-state index contributed by atoms with van der Waals surface area (Å²) in [5.74, 6) is 0. The van der Waals surface area contributed by atoms with Crippen LogP contribution in [0.4, 0.5) is 17.1 Å². The zero-order valence-electron chi connectivity index (χ0n) is 29.3. The summed E-state index contributed by atoms with van der Waals surface area (Å²) in [6.07, 6.45) is 0. The van der Waals surface area contributed by atoms with Gasteiger partial charge in [0.05, 0.1) is 5.69 Å². The number of fused-ring (bicyclic) bond motifs is 4. The Balaban J connectivity index is 1.31. The minimum absolute atomic E-state index is 0.175. The highest BCUT2D eigenvalue weighted by atomic mass is 15.1. The van der Waals surface area contributed by atoms with Crippen molar-refractivity contribution in [3.8, 4) is 44.5 Å². The van der Waals surface area contributed by atoms with Crippen LogP contribution in [-0.2, 0) is 5.41 Å². The number of rotatable bonds is 6. The molecule has 244 valence electrons. The molecule has 0 aromatic heterocycles. The second kappa shape index (κ2) is 12.3. The molecule has 0 unspecified atom stereocenters. The van der Waals surface area contributed by atoms with Gasteiger partial charge in [0, 0.05) is 22.4 Å². The molecule has 1 aliphatic carbocycles. The first kappa shape index (κ1) is 30.8. The Morgan fingerprint density at radius 2 is 1.00 bits per heavy atom. The van der Waals surface area contributed by atoms with Crippen molar-refractivity contribution in [3.05, 3.63) is 199 Å². The molecule has 1 aliphatic rings. The summed E-state index contributed by atoms with van der Waals surface area (Å²) in [4.78, 5) is 2.48. The van der Waals surface area contributed by atoms with E-state index >= 15 is 0 Å². The molecule has 0 heterocycles. The van der Waals surface area contributed by atoms with Gasteiger partial charge in [0.1, 0.15) is 0 Å². The predicted molar refractivity (Wildman–Crippen MR) is 217 cm³/mol. The number of hydrogen-bond acceptors (Lipinski definition) is 1. The zero-order chi connectivity index (χ0) is 34.5. The van der Waals surface area contributed by atoms with E-state index in [0.29, 0.717) is 0 Å². The molecule has 0 radical (unpaired) electrons. The fourth-order valence-corrected chi connectivity index (χ4v) is 8.16. The van der Waals surface area contributed by atoms with E-state index in [1.54, 1.807) is 0 Å². The zero-order valence-corrected chi connectivity index (χ0v) is 29.3. The van der Waals surface area contributed by atoms with Crippen LogP contribution in [0.2, 0.25) is 0 Å². The number of nitrogens with zero attached hydrogens (tertiary/aromatic N) is 1. The predicted octanol–water partition coefficient (Wildman–Crippen LogP) is 13.9.